The van der Waals surface area contributed by atoms with E-state index in [-0.39, 0.29) is 5.97 Å². The number of nitrogens with two attached hydrogens (primary N) is 1. The Kier molecular flexibility index (Phi) is 4.84. The van der Waals surface area contributed by atoms with Crippen molar-refractivity contribution in [2.75, 3.05) is 37.8 Å². The molecular weight excluding hydrogens is 254 g/mol. The molecule has 0 bridgehead atoms. The molecule has 1 fully saturated rings. The van der Waals surface area contributed by atoms with E-state index in [1.165, 1.54) is 0 Å². The van der Waals surface area contributed by atoms with Crippen LogP contribution in [-0.2, 0) is 4.74 Å². The number of nitrogens with zero attached hydrogens (tertiary/aromatic N) is 1. The van der Waals surface area contributed by atoms with Crippen molar-refractivity contribution in [2.24, 2.45) is 0 Å². The zero-order chi connectivity index (χ0) is 14.5. The fraction of sp³-hybridized carbons (Fsp3) is 0.533. The molecule has 1 aliphatic rings. The van der Waals surface area contributed by atoms with Crippen LogP contribution in [-0.4, -0.2) is 43.7 Å². The van der Waals surface area contributed by atoms with Gasteiger partial charge in [-0.1, -0.05) is 0 Å². The highest BCUT2D eigenvalue weighted by Gasteiger charge is 2.19. The van der Waals surface area contributed by atoms with E-state index >= 15 is 0 Å². The molecule has 0 atom stereocenters. The van der Waals surface area contributed by atoms with Crippen molar-refractivity contribution in [3.05, 3.63) is 23.8 Å². The molecule has 0 spiro atoms. The van der Waals surface area contributed by atoms with Gasteiger partial charge in [0.2, 0.25) is 0 Å². The first kappa shape index (κ1) is 14.7. The smallest absolute Gasteiger partial charge is 0.340 e. The van der Waals surface area contributed by atoms with Crippen LogP contribution in [0, 0.1) is 0 Å². The number of nitrogens with one attached hydrogen (secondary N) is 1. The Hall–Kier alpha value is -1.75. The fourth-order valence-electron chi connectivity index (χ4n) is 2.44. The first-order chi connectivity index (χ1) is 9.60. The lowest BCUT2D eigenvalue weighted by Gasteiger charge is -2.30. The van der Waals surface area contributed by atoms with Crippen LogP contribution in [0.1, 0.15) is 30.1 Å². The second-order valence-corrected chi connectivity index (χ2v) is 5.25. The first-order valence-electron chi connectivity index (χ1n) is 7.12. The third-order valence-electron chi connectivity index (χ3n) is 3.62. The quantitative estimate of drug-likeness (QED) is 0.650. The van der Waals surface area contributed by atoms with Crippen LogP contribution in [0.2, 0.25) is 0 Å². The predicted molar refractivity (Wildman–Crippen MR) is 81.0 cm³/mol. The van der Waals surface area contributed by atoms with Crippen LogP contribution in [0.5, 0.6) is 0 Å². The van der Waals surface area contributed by atoms with Gasteiger partial charge in [0, 0.05) is 17.4 Å². The Morgan fingerprint density at radius 2 is 2.15 bits per heavy atom. The SMILES string of the molecule is CCOC(=O)c1cc(N)ccc1NC1CCN(C)CC1. The molecule has 1 saturated heterocycles. The van der Waals surface area contributed by atoms with Gasteiger partial charge in [0.1, 0.15) is 0 Å². The van der Waals surface area contributed by atoms with Crippen LogP contribution in [0.4, 0.5) is 11.4 Å². The van der Waals surface area contributed by atoms with Gasteiger partial charge in [-0.2, -0.15) is 0 Å². The number of carbonyl (C=O) groups is 1. The largest absolute Gasteiger partial charge is 0.462 e. The molecule has 0 amide bonds. The molecule has 20 heavy (non-hydrogen) atoms. The van der Waals surface area contributed by atoms with Crippen molar-refractivity contribution < 1.29 is 9.53 Å². The van der Waals surface area contributed by atoms with Gasteiger partial charge in [0.25, 0.3) is 0 Å². The summed E-state index contributed by atoms with van der Waals surface area (Å²) in [4.78, 5) is 14.3. The summed E-state index contributed by atoms with van der Waals surface area (Å²) in [5.41, 5.74) is 7.67. The second-order valence-electron chi connectivity index (χ2n) is 5.25. The summed E-state index contributed by atoms with van der Waals surface area (Å²) < 4.78 is 5.09. The Labute approximate surface area is 120 Å². The van der Waals surface area contributed by atoms with Crippen molar-refractivity contribution in [3.8, 4) is 0 Å². The maximum atomic E-state index is 12.0. The molecule has 0 radical (unpaired) electrons. The number of benzene rings is 1. The summed E-state index contributed by atoms with van der Waals surface area (Å²) >= 11 is 0. The third kappa shape index (κ3) is 3.63. The van der Waals surface area contributed by atoms with E-state index in [0.29, 0.717) is 23.9 Å². The summed E-state index contributed by atoms with van der Waals surface area (Å²) in [6, 6.07) is 5.73. The molecule has 0 saturated carbocycles. The number of piperidine rings is 1. The van der Waals surface area contributed by atoms with E-state index in [1.807, 2.05) is 6.07 Å². The summed E-state index contributed by atoms with van der Waals surface area (Å²) in [5, 5.41) is 3.45. The highest BCUT2D eigenvalue weighted by atomic mass is 16.5. The topological polar surface area (TPSA) is 67.6 Å². The molecule has 3 N–H and O–H groups in total. The molecule has 2 rings (SSSR count). The van der Waals surface area contributed by atoms with Gasteiger partial charge in [-0.3, -0.25) is 0 Å². The molecule has 0 aliphatic carbocycles. The van der Waals surface area contributed by atoms with Crippen LogP contribution in [0.3, 0.4) is 0 Å². The van der Waals surface area contributed by atoms with E-state index < -0.39 is 0 Å². The van der Waals surface area contributed by atoms with Crippen LogP contribution in [0.15, 0.2) is 18.2 Å². The van der Waals surface area contributed by atoms with Crippen molar-refractivity contribution >= 4 is 17.3 Å². The molecule has 5 nitrogen and oxygen atoms in total. The maximum Gasteiger partial charge on any atom is 0.340 e. The van der Waals surface area contributed by atoms with E-state index in [1.54, 1.807) is 19.1 Å². The molecule has 1 aromatic carbocycles. The Morgan fingerprint density at radius 3 is 2.80 bits per heavy atom. The minimum absolute atomic E-state index is 0.324. The Balaban J connectivity index is 2.12. The van der Waals surface area contributed by atoms with Gasteiger partial charge in [0.15, 0.2) is 0 Å². The van der Waals surface area contributed by atoms with Crippen molar-refractivity contribution in [2.45, 2.75) is 25.8 Å². The lowest BCUT2D eigenvalue weighted by molar-refractivity contribution is 0.0527. The number of esters is 1. The summed E-state index contributed by atoms with van der Waals surface area (Å²) in [6.45, 7) is 4.30. The van der Waals surface area contributed by atoms with Crippen molar-refractivity contribution in [3.63, 3.8) is 0 Å². The average Bonchev–Trinajstić information content (AvgIpc) is 2.43. The first-order valence-corrected chi connectivity index (χ1v) is 7.12. The predicted octanol–water partition coefficient (Wildman–Crippen LogP) is 1.95. The van der Waals surface area contributed by atoms with Crippen LogP contribution in [0.25, 0.3) is 0 Å². The standard InChI is InChI=1S/C15H23N3O2/c1-3-20-15(19)13-10-11(16)4-5-14(13)17-12-6-8-18(2)9-7-12/h4-5,10,12,17H,3,6-9,16H2,1-2H3. The Morgan fingerprint density at radius 1 is 1.45 bits per heavy atom. The van der Waals surface area contributed by atoms with Gasteiger partial charge in [-0.05, 0) is 58.1 Å². The van der Waals surface area contributed by atoms with E-state index in [2.05, 4.69) is 17.3 Å². The minimum Gasteiger partial charge on any atom is -0.462 e. The highest BCUT2D eigenvalue weighted by Crippen LogP contribution is 2.23. The lowest BCUT2D eigenvalue weighted by atomic mass is 10.0. The summed E-state index contributed by atoms with van der Waals surface area (Å²) in [7, 11) is 2.13. The fourth-order valence-corrected chi connectivity index (χ4v) is 2.44. The van der Waals surface area contributed by atoms with Gasteiger partial charge in [-0.25, -0.2) is 4.79 Å². The van der Waals surface area contributed by atoms with Gasteiger partial charge >= 0.3 is 5.97 Å². The summed E-state index contributed by atoms with van der Waals surface area (Å²) in [6.07, 6.45) is 2.15. The number of hydrogen-bond acceptors (Lipinski definition) is 5. The average molecular weight is 277 g/mol. The normalized spacial score (nSPS) is 16.9. The van der Waals surface area contributed by atoms with E-state index in [9.17, 15) is 4.79 Å². The zero-order valence-corrected chi connectivity index (χ0v) is 12.2. The number of nitrogen functional groups attached to an aromatic ring is 1. The molecule has 0 unspecified atom stereocenters. The molecule has 1 heterocycles. The molecular formula is C15H23N3O2. The van der Waals surface area contributed by atoms with Crippen molar-refractivity contribution in [1.29, 1.82) is 0 Å². The molecule has 0 aromatic heterocycles. The molecule has 110 valence electrons. The highest BCUT2D eigenvalue weighted by molar-refractivity contribution is 5.96. The van der Waals surface area contributed by atoms with Gasteiger partial charge < -0.3 is 20.7 Å². The number of ether oxygens (including phenoxy) is 1. The van der Waals surface area contributed by atoms with E-state index in [4.69, 9.17) is 10.5 Å². The van der Waals surface area contributed by atoms with Crippen LogP contribution >= 0.6 is 0 Å². The second kappa shape index (κ2) is 6.61. The van der Waals surface area contributed by atoms with Crippen LogP contribution < -0.4 is 11.1 Å². The molecule has 1 aromatic rings. The number of hydrogen-bond donors (Lipinski definition) is 2. The monoisotopic (exact) mass is 277 g/mol. The number of likely N-dealkylation sites (tertiary alicyclic amines) is 1. The number of rotatable bonds is 4. The molecule has 5 heteroatoms. The summed E-state index contributed by atoms with van der Waals surface area (Å²) in [5.74, 6) is -0.324. The van der Waals surface area contributed by atoms with E-state index in [0.717, 1.165) is 31.6 Å². The Bertz CT molecular complexity index is 468. The van der Waals surface area contributed by atoms with Gasteiger partial charge in [0.05, 0.1) is 12.2 Å². The van der Waals surface area contributed by atoms with Crippen molar-refractivity contribution in [1.82, 2.24) is 4.90 Å². The lowest BCUT2D eigenvalue weighted by Crippen LogP contribution is -2.37. The maximum absolute atomic E-state index is 12.0. The minimum atomic E-state index is -0.324. The molecule has 1 aliphatic heterocycles. The number of carbonyl (C=O) groups excluding carboxylic acids is 1. The third-order valence-corrected chi connectivity index (χ3v) is 3.62. The van der Waals surface area contributed by atoms with Gasteiger partial charge in [-0.15, -0.1) is 0 Å². The zero-order valence-electron chi connectivity index (χ0n) is 12.2. The number of anilines is 2.